The zero-order valence-corrected chi connectivity index (χ0v) is 40.6. The van der Waals surface area contributed by atoms with Crippen molar-refractivity contribution in [3.05, 3.63) is 83.4 Å². The molecule has 2 aromatic carbocycles. The Morgan fingerprint density at radius 3 is 1.71 bits per heavy atom. The second-order valence-electron chi connectivity index (χ2n) is 18.2. The average Bonchev–Trinajstić information content (AvgIpc) is 3.28. The van der Waals surface area contributed by atoms with Crippen LogP contribution in [0, 0.1) is 18.3 Å². The molecule has 0 radical (unpaired) electrons. The summed E-state index contributed by atoms with van der Waals surface area (Å²) in [6.45, 7) is 12.0. The fourth-order valence-electron chi connectivity index (χ4n) is 6.90. The fourth-order valence-corrected chi connectivity index (χ4v) is 6.90. The molecule has 382 valence electrons. The highest BCUT2D eigenvalue weighted by molar-refractivity contribution is 6.38. The van der Waals surface area contributed by atoms with Crippen LogP contribution in [0.2, 0.25) is 0 Å². The van der Waals surface area contributed by atoms with E-state index in [4.69, 9.17) is 5.11 Å². The predicted octanol–water partition coefficient (Wildman–Crippen LogP) is 1.59. The number of rotatable bonds is 29. The Labute approximate surface area is 406 Å². The van der Waals surface area contributed by atoms with Crippen LogP contribution < -0.4 is 37.2 Å². The number of carbonyl (C=O) groups is 11. The molecule has 21 nitrogen and oxygen atoms in total. The Bertz CT molecular complexity index is 2220. The maximum absolute atomic E-state index is 14.5. The van der Waals surface area contributed by atoms with E-state index < -0.39 is 139 Å². The zero-order chi connectivity index (χ0) is 52.7. The SMILES string of the molecule is CC=CCC(NC(=O)[C@H](CC(C)C)NC(=O)[C@@H](NC(=O)[C@H](Cc1ccccc1C)NC(=O)[C@H](CCC(=O)O)NC(=O)[C@H](CC(=O)O)NC(=O)CCC(=O)O)C(C)(C)C)C(=O)C(=O)NCc1ccccc1. The maximum atomic E-state index is 14.5. The van der Waals surface area contributed by atoms with Gasteiger partial charge >= 0.3 is 17.9 Å². The molecular formula is C49H67N7O14. The van der Waals surface area contributed by atoms with Gasteiger partial charge in [0.25, 0.3) is 5.91 Å². The third kappa shape index (κ3) is 21.2. The predicted molar refractivity (Wildman–Crippen MR) is 254 cm³/mol. The second-order valence-corrected chi connectivity index (χ2v) is 18.2. The highest BCUT2D eigenvalue weighted by Gasteiger charge is 2.39. The summed E-state index contributed by atoms with van der Waals surface area (Å²) >= 11 is 0. The molecule has 7 amide bonds. The van der Waals surface area contributed by atoms with Crippen LogP contribution in [0.3, 0.4) is 0 Å². The lowest BCUT2D eigenvalue weighted by Gasteiger charge is -2.34. The molecule has 70 heavy (non-hydrogen) atoms. The Balaban J connectivity index is 2.47. The number of ketones is 1. The Morgan fingerprint density at radius 2 is 1.14 bits per heavy atom. The summed E-state index contributed by atoms with van der Waals surface area (Å²) in [5.74, 6) is -12.1. The summed E-state index contributed by atoms with van der Waals surface area (Å²) < 4.78 is 0. The molecule has 6 atom stereocenters. The van der Waals surface area contributed by atoms with Crippen molar-refractivity contribution in [2.45, 2.75) is 143 Å². The van der Waals surface area contributed by atoms with Crippen LogP contribution in [0.15, 0.2) is 66.7 Å². The van der Waals surface area contributed by atoms with Crippen LogP contribution >= 0.6 is 0 Å². The minimum absolute atomic E-state index is 0.0359. The second kappa shape index (κ2) is 28.8. The van der Waals surface area contributed by atoms with E-state index in [0.717, 1.165) is 5.56 Å². The van der Waals surface area contributed by atoms with E-state index in [9.17, 15) is 63.0 Å². The smallest absolute Gasteiger partial charge is 0.305 e. The molecule has 0 aliphatic carbocycles. The first kappa shape index (κ1) is 58.7. The molecule has 1 unspecified atom stereocenters. The van der Waals surface area contributed by atoms with E-state index in [-0.39, 0.29) is 31.7 Å². The number of carboxylic acid groups (broad SMARTS) is 3. The minimum atomic E-state index is -1.82. The first-order valence-electron chi connectivity index (χ1n) is 22.8. The van der Waals surface area contributed by atoms with Gasteiger partial charge < -0.3 is 52.5 Å². The number of allylic oxidation sites excluding steroid dienone is 1. The Kier molecular flexibility index (Phi) is 24.1. The molecule has 0 saturated heterocycles. The molecule has 21 heteroatoms. The highest BCUT2D eigenvalue weighted by atomic mass is 16.4. The van der Waals surface area contributed by atoms with E-state index in [1.807, 2.05) is 0 Å². The van der Waals surface area contributed by atoms with E-state index in [0.29, 0.717) is 11.1 Å². The summed E-state index contributed by atoms with van der Waals surface area (Å²) in [6.07, 6.45) is -0.396. The Hall–Kier alpha value is -7.45. The number of amides is 7. The molecule has 0 spiro atoms. The number of benzene rings is 2. The minimum Gasteiger partial charge on any atom is -0.481 e. The lowest BCUT2D eigenvalue weighted by atomic mass is 9.85. The maximum Gasteiger partial charge on any atom is 0.305 e. The molecule has 0 saturated carbocycles. The fraction of sp³-hybridized carbons (Fsp3) is 0.490. The largest absolute Gasteiger partial charge is 0.481 e. The standard InChI is InChI=1S/C49H67N7O14/c1-8-9-19-32(41(64)47(69)50-27-30-16-11-10-12-17-30)52-44(66)34(24-28(2)3)55-48(70)42(49(5,6)7)56-46(68)35(25-31-18-14-13-15-29(31)4)54-43(65)33(20-22-38(58)59)53-45(67)36(26-40(62)63)51-37(57)21-23-39(60)61/h8-18,28,32-36,42H,19-27H2,1-7H3,(H,50,69)(H,51,57)(H,52,66)(H,53,67)(H,54,65)(H,55,70)(H,56,68)(H,58,59)(H,60,61)(H,62,63)/t32?,33-,34-,35-,36-,42+/m0/s1. The Morgan fingerprint density at radius 1 is 0.600 bits per heavy atom. The van der Waals surface area contributed by atoms with Gasteiger partial charge in [0.05, 0.1) is 12.8 Å². The van der Waals surface area contributed by atoms with Gasteiger partial charge in [-0.25, -0.2) is 0 Å². The van der Waals surface area contributed by atoms with Crippen molar-refractivity contribution in [3.63, 3.8) is 0 Å². The van der Waals surface area contributed by atoms with Gasteiger partial charge in [-0.3, -0.25) is 52.7 Å². The van der Waals surface area contributed by atoms with Gasteiger partial charge in [0.2, 0.25) is 41.2 Å². The first-order chi connectivity index (χ1) is 32.8. The normalized spacial score (nSPS) is 13.8. The summed E-state index contributed by atoms with van der Waals surface area (Å²) in [5, 5.41) is 45.4. The van der Waals surface area contributed by atoms with E-state index in [1.165, 1.54) is 0 Å². The van der Waals surface area contributed by atoms with Crippen molar-refractivity contribution >= 4 is 65.0 Å². The van der Waals surface area contributed by atoms with Gasteiger partial charge in [0.15, 0.2) is 0 Å². The van der Waals surface area contributed by atoms with Gasteiger partial charge in [0.1, 0.15) is 36.3 Å². The van der Waals surface area contributed by atoms with Crippen molar-refractivity contribution in [2.75, 3.05) is 0 Å². The third-order valence-electron chi connectivity index (χ3n) is 10.7. The molecular weight excluding hydrogens is 911 g/mol. The number of hydrogen-bond acceptors (Lipinski definition) is 11. The van der Waals surface area contributed by atoms with Crippen LogP contribution in [0.4, 0.5) is 0 Å². The zero-order valence-electron chi connectivity index (χ0n) is 40.6. The van der Waals surface area contributed by atoms with Gasteiger partial charge in [-0.05, 0) is 61.1 Å². The van der Waals surface area contributed by atoms with Gasteiger partial charge in [-0.1, -0.05) is 101 Å². The van der Waals surface area contributed by atoms with Crippen molar-refractivity contribution in [3.8, 4) is 0 Å². The van der Waals surface area contributed by atoms with E-state index in [1.54, 1.807) is 115 Å². The summed E-state index contributed by atoms with van der Waals surface area (Å²) in [5.41, 5.74) is 0.951. The van der Waals surface area contributed by atoms with E-state index in [2.05, 4.69) is 37.2 Å². The summed E-state index contributed by atoms with van der Waals surface area (Å²) in [4.78, 5) is 143. The van der Waals surface area contributed by atoms with Crippen molar-refractivity contribution in [1.29, 1.82) is 0 Å². The lowest BCUT2D eigenvalue weighted by molar-refractivity contribution is -0.142. The number of carboxylic acids is 3. The molecule has 0 aromatic heterocycles. The number of hydrogen-bond donors (Lipinski definition) is 10. The molecule has 2 aromatic rings. The highest BCUT2D eigenvalue weighted by Crippen LogP contribution is 2.21. The van der Waals surface area contributed by atoms with Crippen LogP contribution in [0.25, 0.3) is 0 Å². The first-order valence-corrected chi connectivity index (χ1v) is 22.8. The molecule has 0 bridgehead atoms. The van der Waals surface area contributed by atoms with Crippen molar-refractivity contribution in [2.24, 2.45) is 11.3 Å². The molecule has 2 rings (SSSR count). The molecule has 10 N–H and O–H groups in total. The summed E-state index contributed by atoms with van der Waals surface area (Å²) in [6, 6.07) is 6.71. The van der Waals surface area contributed by atoms with Crippen LogP contribution in [0.5, 0.6) is 0 Å². The van der Waals surface area contributed by atoms with Crippen molar-refractivity contribution in [1.82, 2.24) is 37.2 Å². The molecule has 0 aliphatic heterocycles. The lowest BCUT2D eigenvalue weighted by Crippen LogP contribution is -2.62. The molecule has 0 heterocycles. The van der Waals surface area contributed by atoms with Crippen molar-refractivity contribution < 1.29 is 68.1 Å². The number of aliphatic carboxylic acids is 3. The van der Waals surface area contributed by atoms with Gasteiger partial charge in [-0.2, -0.15) is 0 Å². The van der Waals surface area contributed by atoms with Gasteiger partial charge in [0, 0.05) is 25.8 Å². The number of nitrogens with one attached hydrogen (secondary N) is 7. The number of aryl methyl sites for hydroxylation is 1. The molecule has 0 aliphatic rings. The number of Topliss-reactive ketones (excluding diaryl/α,β-unsaturated/α-hetero) is 1. The quantitative estimate of drug-likeness (QED) is 0.0409. The third-order valence-corrected chi connectivity index (χ3v) is 10.7. The van der Waals surface area contributed by atoms with Gasteiger partial charge in [-0.15, -0.1) is 0 Å². The average molecular weight is 978 g/mol. The van der Waals surface area contributed by atoms with E-state index >= 15 is 0 Å². The monoisotopic (exact) mass is 977 g/mol. The number of carbonyl (C=O) groups excluding carboxylic acids is 8. The van der Waals surface area contributed by atoms with Crippen LogP contribution in [0.1, 0.15) is 103 Å². The van der Waals surface area contributed by atoms with Crippen LogP contribution in [-0.2, 0) is 65.7 Å². The molecule has 0 fully saturated rings. The summed E-state index contributed by atoms with van der Waals surface area (Å²) in [7, 11) is 0. The topological polar surface area (TPSA) is 333 Å². The van der Waals surface area contributed by atoms with Crippen LogP contribution in [-0.4, -0.2) is 117 Å².